The van der Waals surface area contributed by atoms with Crippen molar-refractivity contribution in [1.82, 2.24) is 9.55 Å². The highest BCUT2D eigenvalue weighted by Crippen LogP contribution is 2.47. The minimum atomic E-state index is 0.596. The van der Waals surface area contributed by atoms with Gasteiger partial charge in [0.2, 0.25) is 5.89 Å². The topological polar surface area (TPSA) is 34.2 Å². The van der Waals surface area contributed by atoms with Gasteiger partial charge in [0.1, 0.15) is 5.52 Å². The third kappa shape index (κ3) is 5.80. The Kier molecular flexibility index (Phi) is 8.13. The van der Waals surface area contributed by atoms with Gasteiger partial charge in [0.25, 0.3) is 0 Å². The number of benzene rings is 10. The van der Waals surface area contributed by atoms with E-state index in [0.717, 1.165) is 77.6 Å². The molecule has 0 fully saturated rings. The van der Waals surface area contributed by atoms with E-state index in [1.54, 1.807) is 0 Å². The van der Waals surface area contributed by atoms with Crippen LogP contribution in [0.5, 0.6) is 0 Å². The summed E-state index contributed by atoms with van der Waals surface area (Å²) >= 11 is 0. The van der Waals surface area contributed by atoms with Gasteiger partial charge >= 0.3 is 0 Å². The number of nitrogens with zero attached hydrogens (tertiary/aromatic N) is 3. The van der Waals surface area contributed by atoms with Gasteiger partial charge < -0.3 is 13.9 Å². The Morgan fingerprint density at radius 1 is 0.410 bits per heavy atom. The Morgan fingerprint density at radius 2 is 1.02 bits per heavy atom. The Morgan fingerprint density at radius 3 is 1.82 bits per heavy atom. The largest absolute Gasteiger partial charge is 0.434 e. The number of hydrogen-bond acceptors (Lipinski definition) is 3. The predicted octanol–water partition coefficient (Wildman–Crippen LogP) is 15.7. The van der Waals surface area contributed by atoms with Crippen LogP contribution in [0.25, 0.3) is 93.8 Å². The molecule has 0 bridgehead atoms. The first-order chi connectivity index (χ1) is 30.3. The van der Waals surface area contributed by atoms with Gasteiger partial charge in [-0.3, -0.25) is 0 Å². The van der Waals surface area contributed by atoms with E-state index in [0.29, 0.717) is 5.89 Å². The lowest BCUT2D eigenvalue weighted by Gasteiger charge is -2.27. The van der Waals surface area contributed by atoms with Crippen molar-refractivity contribution >= 4 is 71.5 Å². The van der Waals surface area contributed by atoms with Gasteiger partial charge in [0.05, 0.1) is 22.4 Å². The van der Waals surface area contributed by atoms with Crippen LogP contribution in [0.15, 0.2) is 229 Å². The summed E-state index contributed by atoms with van der Waals surface area (Å²) in [6.07, 6.45) is 0. The fraction of sp³-hybridized carbons (Fsp3) is 0. The molecule has 0 N–H and O–H groups in total. The quantitative estimate of drug-likeness (QED) is 0.162. The van der Waals surface area contributed by atoms with Gasteiger partial charge in [-0.1, -0.05) is 164 Å². The molecule has 61 heavy (non-hydrogen) atoms. The predicted molar refractivity (Wildman–Crippen MR) is 254 cm³/mol. The summed E-state index contributed by atoms with van der Waals surface area (Å²) in [5, 5.41) is 6.91. The van der Waals surface area contributed by atoms with Crippen LogP contribution >= 0.6 is 0 Å². The fourth-order valence-electron chi connectivity index (χ4n) is 9.19. The second-order valence-electron chi connectivity index (χ2n) is 15.5. The van der Waals surface area contributed by atoms with Gasteiger partial charge in [-0.2, -0.15) is 0 Å². The Labute approximate surface area is 352 Å². The van der Waals surface area contributed by atoms with Crippen LogP contribution in [0.1, 0.15) is 0 Å². The highest BCUT2D eigenvalue weighted by molar-refractivity contribution is 6.23. The van der Waals surface area contributed by atoms with Crippen LogP contribution in [0, 0.1) is 0 Å². The van der Waals surface area contributed by atoms with Gasteiger partial charge in [-0.15, -0.1) is 0 Å². The maximum Gasteiger partial charge on any atom is 0.228 e. The molecule has 12 aromatic rings. The van der Waals surface area contributed by atoms with E-state index in [9.17, 15) is 0 Å². The minimum absolute atomic E-state index is 0.596. The Hall–Kier alpha value is -8.21. The molecular formula is C57H37N3O. The van der Waals surface area contributed by atoms with Crippen LogP contribution in [-0.2, 0) is 0 Å². The molecule has 0 spiro atoms. The van der Waals surface area contributed by atoms with Gasteiger partial charge in [0.15, 0.2) is 5.58 Å². The van der Waals surface area contributed by atoms with Crippen LogP contribution < -0.4 is 4.90 Å². The first kappa shape index (κ1) is 34.8. The van der Waals surface area contributed by atoms with Crippen LogP contribution in [0.3, 0.4) is 0 Å². The van der Waals surface area contributed by atoms with Crippen molar-refractivity contribution in [3.63, 3.8) is 0 Å². The molecule has 0 atom stereocenters. The number of anilines is 3. The molecule has 0 saturated carbocycles. The normalized spacial score (nSPS) is 11.6. The highest BCUT2D eigenvalue weighted by Gasteiger charge is 2.25. The summed E-state index contributed by atoms with van der Waals surface area (Å²) in [5.41, 5.74) is 13.6. The lowest BCUT2D eigenvalue weighted by molar-refractivity contribution is 0.621. The molecule has 2 heterocycles. The van der Waals surface area contributed by atoms with E-state index < -0.39 is 0 Å². The number of para-hydroxylation sites is 3. The Bertz CT molecular complexity index is 3580. The molecule has 12 rings (SSSR count). The highest BCUT2D eigenvalue weighted by atomic mass is 16.3. The van der Waals surface area contributed by atoms with Gasteiger partial charge in [-0.25, -0.2) is 4.98 Å². The number of rotatable bonds is 7. The first-order valence-corrected chi connectivity index (χ1v) is 20.7. The summed E-state index contributed by atoms with van der Waals surface area (Å²) in [6.45, 7) is 0. The van der Waals surface area contributed by atoms with Crippen molar-refractivity contribution in [2.45, 2.75) is 0 Å². The zero-order valence-corrected chi connectivity index (χ0v) is 33.1. The SMILES string of the molecule is c1ccc(-c2cccc(-c3ccc(N(c4cc5c6ccccc6n(-c6ccccc6)c5c5ccccc45)c4cccc5nc(-c6cccc7ccccc67)oc45)cc3)c2)cc1. The molecular weight excluding hydrogens is 743 g/mol. The van der Waals surface area contributed by atoms with E-state index in [-0.39, 0.29) is 0 Å². The molecule has 0 aliphatic rings. The van der Waals surface area contributed by atoms with E-state index in [1.165, 1.54) is 27.4 Å². The molecule has 0 aliphatic heterocycles. The second-order valence-corrected chi connectivity index (χ2v) is 15.5. The van der Waals surface area contributed by atoms with Crippen molar-refractivity contribution in [1.29, 1.82) is 0 Å². The summed E-state index contributed by atoms with van der Waals surface area (Å²) in [7, 11) is 0. The number of oxazole rings is 1. The lowest BCUT2D eigenvalue weighted by atomic mass is 9.98. The second kappa shape index (κ2) is 14.3. The van der Waals surface area contributed by atoms with Gasteiger partial charge in [0, 0.05) is 38.5 Å². The third-order valence-corrected chi connectivity index (χ3v) is 12.0. The monoisotopic (exact) mass is 779 g/mol. The average Bonchev–Trinajstić information content (AvgIpc) is 3.93. The number of fused-ring (bicyclic) bond motifs is 7. The Balaban J connectivity index is 1.11. The minimum Gasteiger partial charge on any atom is -0.434 e. The zero-order chi connectivity index (χ0) is 40.3. The third-order valence-electron chi connectivity index (χ3n) is 12.0. The molecule has 4 nitrogen and oxygen atoms in total. The van der Waals surface area contributed by atoms with Gasteiger partial charge in [-0.05, 0) is 93.7 Å². The molecule has 0 radical (unpaired) electrons. The molecule has 0 saturated heterocycles. The molecule has 10 aromatic carbocycles. The van der Waals surface area contributed by atoms with Crippen LogP contribution in [0.4, 0.5) is 17.1 Å². The standard InChI is InChI=1S/C57H37N3O/c1-3-16-38(17-4-1)41-20-13-21-42(36-41)39-32-34-44(35-33-39)59(53-31-15-29-51-56(53)61-57(58-51)49-28-14-19-40-18-7-8-24-45(40)49)54-37-50-47-26-11-12-30-52(47)60(43-22-5-2-6-23-43)55(50)48-27-10-9-25-46(48)54/h1-37H. The maximum absolute atomic E-state index is 6.94. The van der Waals surface area contributed by atoms with Crippen molar-refractivity contribution < 1.29 is 4.42 Å². The molecule has 0 unspecified atom stereocenters. The smallest absolute Gasteiger partial charge is 0.228 e. The van der Waals surface area contributed by atoms with Crippen LogP contribution in [-0.4, -0.2) is 9.55 Å². The van der Waals surface area contributed by atoms with E-state index in [2.05, 4.69) is 228 Å². The molecule has 2 aromatic heterocycles. The summed E-state index contributed by atoms with van der Waals surface area (Å²) in [4.78, 5) is 7.51. The number of aromatic nitrogens is 2. The summed E-state index contributed by atoms with van der Waals surface area (Å²) in [6, 6.07) is 79.9. The molecule has 4 heteroatoms. The summed E-state index contributed by atoms with van der Waals surface area (Å²) in [5.74, 6) is 0.596. The van der Waals surface area contributed by atoms with Crippen LogP contribution in [0.2, 0.25) is 0 Å². The molecule has 0 aliphatic carbocycles. The van der Waals surface area contributed by atoms with Crippen molar-refractivity contribution in [2.75, 3.05) is 4.90 Å². The van der Waals surface area contributed by atoms with E-state index in [1.807, 2.05) is 6.07 Å². The van der Waals surface area contributed by atoms with Crippen molar-refractivity contribution in [2.24, 2.45) is 0 Å². The molecule has 286 valence electrons. The average molecular weight is 780 g/mol. The fourth-order valence-corrected chi connectivity index (χ4v) is 9.19. The van der Waals surface area contributed by atoms with E-state index in [4.69, 9.17) is 9.40 Å². The maximum atomic E-state index is 6.94. The number of hydrogen-bond donors (Lipinski definition) is 0. The molecule has 0 amide bonds. The zero-order valence-electron chi connectivity index (χ0n) is 33.1. The van der Waals surface area contributed by atoms with Crippen molar-refractivity contribution in [3.05, 3.63) is 224 Å². The van der Waals surface area contributed by atoms with E-state index >= 15 is 0 Å². The summed E-state index contributed by atoms with van der Waals surface area (Å²) < 4.78 is 9.35. The first-order valence-electron chi connectivity index (χ1n) is 20.7. The van der Waals surface area contributed by atoms with Crippen molar-refractivity contribution in [3.8, 4) is 39.4 Å². The lowest BCUT2D eigenvalue weighted by Crippen LogP contribution is -2.11.